The molecule has 2 aliphatic heterocycles. The van der Waals surface area contributed by atoms with Crippen LogP contribution in [0.5, 0.6) is 0 Å². The quantitative estimate of drug-likeness (QED) is 0.666. The Morgan fingerprint density at radius 2 is 1.93 bits per heavy atom. The van der Waals surface area contributed by atoms with Crippen LogP contribution >= 0.6 is 0 Å². The van der Waals surface area contributed by atoms with Crippen molar-refractivity contribution in [3.05, 3.63) is 35.6 Å². The number of unbranched alkanes of at least 4 members (excludes halogenated alkanes) is 1. The average molecular weight is 406 g/mol. The lowest BCUT2D eigenvalue weighted by atomic mass is 9.95. The van der Waals surface area contributed by atoms with Gasteiger partial charge in [-0.3, -0.25) is 14.5 Å². The highest BCUT2D eigenvalue weighted by molar-refractivity contribution is 5.84. The number of piperidine rings is 1. The van der Waals surface area contributed by atoms with Gasteiger partial charge in [-0.2, -0.15) is 0 Å². The molecule has 0 aliphatic carbocycles. The van der Waals surface area contributed by atoms with Crippen LogP contribution in [0.15, 0.2) is 24.3 Å². The highest BCUT2D eigenvalue weighted by atomic mass is 19.1. The molecule has 0 unspecified atom stereocenters. The van der Waals surface area contributed by atoms with Crippen LogP contribution in [-0.2, 0) is 16.0 Å². The average Bonchev–Trinajstić information content (AvgIpc) is 2.73. The minimum absolute atomic E-state index is 0.0826. The molecule has 0 saturated carbocycles. The number of carbonyl (C=O) groups excluding carboxylic acids is 2. The van der Waals surface area contributed by atoms with E-state index in [9.17, 15) is 14.0 Å². The van der Waals surface area contributed by atoms with E-state index in [0.29, 0.717) is 32.4 Å². The summed E-state index contributed by atoms with van der Waals surface area (Å²) in [6.07, 6.45) is 3.42. The third kappa shape index (κ3) is 6.24. The van der Waals surface area contributed by atoms with Gasteiger partial charge in [0.15, 0.2) is 0 Å². The number of aliphatic hydroxyl groups is 1. The third-order valence-electron chi connectivity index (χ3n) is 5.98. The Morgan fingerprint density at radius 1 is 1.14 bits per heavy atom. The van der Waals surface area contributed by atoms with E-state index in [1.54, 1.807) is 11.0 Å². The van der Waals surface area contributed by atoms with Crippen LogP contribution in [-0.4, -0.2) is 84.0 Å². The molecular weight excluding hydrogens is 373 g/mol. The molecule has 0 bridgehead atoms. The second kappa shape index (κ2) is 10.7. The van der Waals surface area contributed by atoms with Crippen LogP contribution in [0, 0.1) is 11.7 Å². The van der Waals surface area contributed by atoms with E-state index in [-0.39, 0.29) is 30.2 Å². The largest absolute Gasteiger partial charge is 0.396 e. The fraction of sp³-hybridized carbons (Fsp3) is 0.636. The maximum absolute atomic E-state index is 13.4. The number of hydrogen-bond donors (Lipinski definition) is 1. The topological polar surface area (TPSA) is 64.1 Å². The molecule has 0 spiro atoms. The van der Waals surface area contributed by atoms with Gasteiger partial charge in [0.1, 0.15) is 5.82 Å². The molecule has 2 saturated heterocycles. The smallest absolute Gasteiger partial charge is 0.227 e. The summed E-state index contributed by atoms with van der Waals surface area (Å²) in [4.78, 5) is 31.3. The van der Waals surface area contributed by atoms with Crippen LogP contribution < -0.4 is 0 Å². The number of nitrogens with zero attached hydrogens (tertiary/aromatic N) is 3. The lowest BCUT2D eigenvalue weighted by Crippen LogP contribution is -2.53. The predicted octanol–water partition coefficient (Wildman–Crippen LogP) is 1.52. The maximum Gasteiger partial charge on any atom is 0.227 e. The molecule has 1 N–H and O–H groups in total. The van der Waals surface area contributed by atoms with Crippen molar-refractivity contribution < 1.29 is 19.1 Å². The molecule has 2 amide bonds. The minimum Gasteiger partial charge on any atom is -0.396 e. The summed E-state index contributed by atoms with van der Waals surface area (Å²) < 4.78 is 13.4. The van der Waals surface area contributed by atoms with Gasteiger partial charge in [-0.1, -0.05) is 12.1 Å². The van der Waals surface area contributed by atoms with Gasteiger partial charge >= 0.3 is 0 Å². The van der Waals surface area contributed by atoms with Crippen molar-refractivity contribution in [2.45, 2.75) is 32.1 Å². The fourth-order valence-corrected chi connectivity index (χ4v) is 4.19. The number of piperazine rings is 1. The molecule has 1 aromatic rings. The van der Waals surface area contributed by atoms with E-state index in [0.717, 1.165) is 51.1 Å². The molecule has 3 rings (SSSR count). The molecule has 29 heavy (non-hydrogen) atoms. The highest BCUT2D eigenvalue weighted by Gasteiger charge is 2.33. The lowest BCUT2D eigenvalue weighted by molar-refractivity contribution is -0.144. The Bertz CT molecular complexity index is 692. The molecule has 0 radical (unpaired) electrons. The summed E-state index contributed by atoms with van der Waals surface area (Å²) in [5.74, 6) is -0.167. The maximum atomic E-state index is 13.4. The van der Waals surface area contributed by atoms with E-state index in [4.69, 9.17) is 5.11 Å². The van der Waals surface area contributed by atoms with Crippen molar-refractivity contribution in [1.82, 2.24) is 14.7 Å². The monoisotopic (exact) mass is 405 g/mol. The Labute approximate surface area is 172 Å². The van der Waals surface area contributed by atoms with Crippen molar-refractivity contribution in [3.63, 3.8) is 0 Å². The first-order valence-corrected chi connectivity index (χ1v) is 10.7. The normalized spacial score (nSPS) is 20.9. The van der Waals surface area contributed by atoms with Crippen molar-refractivity contribution >= 4 is 11.8 Å². The Hall–Kier alpha value is -1.99. The van der Waals surface area contributed by atoms with E-state index < -0.39 is 0 Å². The van der Waals surface area contributed by atoms with Gasteiger partial charge in [0, 0.05) is 52.3 Å². The van der Waals surface area contributed by atoms with Gasteiger partial charge in [-0.15, -0.1) is 0 Å². The number of aliphatic hydroxyl groups excluding tert-OH is 1. The van der Waals surface area contributed by atoms with Crippen LogP contribution in [0.3, 0.4) is 0 Å². The van der Waals surface area contributed by atoms with Crippen molar-refractivity contribution in [3.8, 4) is 0 Å². The zero-order chi connectivity index (χ0) is 20.6. The summed E-state index contributed by atoms with van der Waals surface area (Å²) >= 11 is 0. The van der Waals surface area contributed by atoms with Gasteiger partial charge in [0.25, 0.3) is 0 Å². The Kier molecular flexibility index (Phi) is 8.00. The fourth-order valence-electron chi connectivity index (χ4n) is 4.19. The SMILES string of the molecule is O=C1CC[C@@H](C(=O)N2CCN(CCCCO)CC2)CN1CCc1cccc(F)c1. The predicted molar refractivity (Wildman–Crippen MR) is 109 cm³/mol. The first kappa shape index (κ1) is 21.7. The van der Waals surface area contributed by atoms with Gasteiger partial charge in [0.2, 0.25) is 11.8 Å². The second-order valence-corrected chi connectivity index (χ2v) is 8.05. The van der Waals surface area contributed by atoms with Crippen molar-refractivity contribution in [1.29, 1.82) is 0 Å². The first-order valence-electron chi connectivity index (χ1n) is 10.7. The summed E-state index contributed by atoms with van der Waals surface area (Å²) in [5, 5.41) is 8.89. The first-order chi connectivity index (χ1) is 14.1. The number of amides is 2. The molecule has 2 aliphatic rings. The summed E-state index contributed by atoms with van der Waals surface area (Å²) in [5.41, 5.74) is 0.864. The number of carbonyl (C=O) groups is 2. The third-order valence-corrected chi connectivity index (χ3v) is 5.98. The molecule has 7 heteroatoms. The number of likely N-dealkylation sites (tertiary alicyclic amines) is 1. The summed E-state index contributed by atoms with van der Waals surface area (Å²) in [7, 11) is 0. The second-order valence-electron chi connectivity index (χ2n) is 8.05. The Balaban J connectivity index is 1.47. The molecule has 0 aromatic heterocycles. The van der Waals surface area contributed by atoms with Gasteiger partial charge in [-0.25, -0.2) is 4.39 Å². The molecule has 2 heterocycles. The number of rotatable bonds is 8. The highest BCUT2D eigenvalue weighted by Crippen LogP contribution is 2.21. The summed E-state index contributed by atoms with van der Waals surface area (Å²) in [6.45, 7) is 5.37. The van der Waals surface area contributed by atoms with Gasteiger partial charge < -0.3 is 14.9 Å². The van der Waals surface area contributed by atoms with Gasteiger partial charge in [-0.05, 0) is 49.9 Å². The van der Waals surface area contributed by atoms with Crippen LogP contribution in [0.2, 0.25) is 0 Å². The van der Waals surface area contributed by atoms with Crippen LogP contribution in [0.4, 0.5) is 4.39 Å². The minimum atomic E-state index is -0.268. The number of hydrogen-bond acceptors (Lipinski definition) is 4. The van der Waals surface area contributed by atoms with Crippen LogP contribution in [0.25, 0.3) is 0 Å². The van der Waals surface area contributed by atoms with E-state index >= 15 is 0 Å². The molecular formula is C22H32FN3O3. The van der Waals surface area contributed by atoms with Gasteiger partial charge in [0.05, 0.1) is 5.92 Å². The standard InChI is InChI=1S/C22H32FN3O3/c23-20-5-3-4-18(16-20)8-10-26-17-19(6-7-21(26)28)22(29)25-13-11-24(12-14-25)9-1-2-15-27/h3-5,16,19,27H,1-2,6-15,17H2/t19-/m1/s1. The van der Waals surface area contributed by atoms with E-state index in [2.05, 4.69) is 4.90 Å². The molecule has 1 atom stereocenters. The Morgan fingerprint density at radius 3 is 2.66 bits per heavy atom. The van der Waals surface area contributed by atoms with E-state index in [1.807, 2.05) is 11.0 Å². The van der Waals surface area contributed by atoms with Crippen molar-refractivity contribution in [2.75, 3.05) is 52.4 Å². The zero-order valence-electron chi connectivity index (χ0n) is 17.1. The number of benzene rings is 1. The molecule has 1 aromatic carbocycles. The van der Waals surface area contributed by atoms with Crippen molar-refractivity contribution in [2.24, 2.45) is 5.92 Å². The van der Waals surface area contributed by atoms with E-state index in [1.165, 1.54) is 12.1 Å². The zero-order valence-corrected chi connectivity index (χ0v) is 17.1. The lowest BCUT2D eigenvalue weighted by Gasteiger charge is -2.39. The number of halogens is 1. The molecule has 6 nitrogen and oxygen atoms in total. The molecule has 2 fully saturated rings. The summed E-state index contributed by atoms with van der Waals surface area (Å²) in [6, 6.07) is 6.45. The van der Waals surface area contributed by atoms with Crippen LogP contribution in [0.1, 0.15) is 31.2 Å². The molecule has 160 valence electrons.